The van der Waals surface area contributed by atoms with E-state index in [0.29, 0.717) is 24.7 Å². The number of amides is 1. The summed E-state index contributed by atoms with van der Waals surface area (Å²) in [5.74, 6) is -0.149. The van der Waals surface area contributed by atoms with Crippen LogP contribution in [0.4, 0.5) is 24.8 Å². The van der Waals surface area contributed by atoms with E-state index < -0.39 is 45.6 Å². The minimum absolute atomic E-state index is 0.0471. The van der Waals surface area contributed by atoms with E-state index in [4.69, 9.17) is 9.72 Å². The molecule has 254 valence electrons. The number of alkyl halides is 3. The van der Waals surface area contributed by atoms with Gasteiger partial charge in [0.15, 0.2) is 10.8 Å². The second-order valence-electron chi connectivity index (χ2n) is 13.3. The summed E-state index contributed by atoms with van der Waals surface area (Å²) in [7, 11) is -4.32. The number of ether oxygens (including phenoxy) is 1. The summed E-state index contributed by atoms with van der Waals surface area (Å²) >= 11 is 0. The van der Waals surface area contributed by atoms with Crippen molar-refractivity contribution in [3.63, 3.8) is 0 Å². The van der Waals surface area contributed by atoms with Crippen LogP contribution in [0.5, 0.6) is 5.88 Å². The molecule has 2 aliphatic heterocycles. The van der Waals surface area contributed by atoms with Gasteiger partial charge in [0.25, 0.3) is 15.9 Å². The molecule has 2 fully saturated rings. The lowest BCUT2D eigenvalue weighted by Crippen LogP contribution is -2.41. The largest absolute Gasteiger partial charge is 0.476 e. The topological polar surface area (TPSA) is 152 Å². The third-order valence-electron chi connectivity index (χ3n) is 9.30. The number of nitrogens with one attached hydrogen (secondary N) is 2. The number of rotatable bonds is 7. The van der Waals surface area contributed by atoms with Crippen LogP contribution in [0.3, 0.4) is 0 Å². The molecular weight excluding hydrogens is 639 g/mol. The van der Waals surface area contributed by atoms with Gasteiger partial charge in [-0.15, -0.1) is 5.10 Å². The van der Waals surface area contributed by atoms with Crippen molar-refractivity contribution < 1.29 is 36.2 Å². The van der Waals surface area contributed by atoms with E-state index in [1.165, 1.54) is 28.9 Å². The number of fused-ring (bicyclic) bond motifs is 6. The smallest absolute Gasteiger partial charge is 0.394 e. The molecule has 3 aromatic heterocycles. The van der Waals surface area contributed by atoms with Crippen LogP contribution >= 0.6 is 0 Å². The van der Waals surface area contributed by atoms with Gasteiger partial charge in [0.2, 0.25) is 5.88 Å². The number of nitrogens with zero attached hydrogens (tertiary/aromatic N) is 5. The van der Waals surface area contributed by atoms with Gasteiger partial charge in [-0.2, -0.15) is 21.6 Å². The highest BCUT2D eigenvalue weighted by Crippen LogP contribution is 2.61. The van der Waals surface area contributed by atoms with E-state index in [0.717, 1.165) is 19.3 Å². The van der Waals surface area contributed by atoms with E-state index in [1.54, 1.807) is 18.3 Å². The number of aromatic nitrogens is 4. The minimum atomic E-state index is -4.32. The second kappa shape index (κ2) is 12.3. The van der Waals surface area contributed by atoms with Gasteiger partial charge in [0, 0.05) is 43.4 Å². The monoisotopic (exact) mass is 677 g/mol. The molecule has 5 heterocycles. The zero-order valence-electron chi connectivity index (χ0n) is 26.1. The zero-order chi connectivity index (χ0) is 33.6. The fourth-order valence-electron chi connectivity index (χ4n) is 6.60. The van der Waals surface area contributed by atoms with Gasteiger partial charge < -0.3 is 20.1 Å². The van der Waals surface area contributed by atoms with Gasteiger partial charge in [0.1, 0.15) is 11.6 Å². The molecule has 1 saturated carbocycles. The molecule has 6 rings (SSSR count). The van der Waals surface area contributed by atoms with Gasteiger partial charge in [-0.05, 0) is 82.6 Å². The van der Waals surface area contributed by atoms with E-state index in [1.807, 2.05) is 4.90 Å². The lowest BCUT2D eigenvalue weighted by atomic mass is 9.92. The first-order valence-corrected chi connectivity index (χ1v) is 17.1. The Morgan fingerprint density at radius 1 is 1.15 bits per heavy atom. The van der Waals surface area contributed by atoms with E-state index >= 15 is 0 Å². The minimum Gasteiger partial charge on any atom is -0.476 e. The second-order valence-corrected chi connectivity index (χ2v) is 15.0. The normalized spacial score (nSPS) is 22.2. The number of carbonyl (C=O) groups is 1. The number of carbonyl (C=O) groups excluding carboxylic acids is 1. The van der Waals surface area contributed by atoms with Crippen LogP contribution in [0.2, 0.25) is 0 Å². The van der Waals surface area contributed by atoms with Crippen molar-refractivity contribution in [3.8, 4) is 11.7 Å². The third-order valence-corrected chi connectivity index (χ3v) is 10.5. The van der Waals surface area contributed by atoms with Crippen LogP contribution in [-0.2, 0) is 10.0 Å². The quantitative estimate of drug-likeness (QED) is 0.330. The summed E-state index contributed by atoms with van der Waals surface area (Å²) in [6, 6.07) is 9.10. The standard InChI is InChI=1S/C31H38F3N7O5S/c1-29(2)15-20-5-4-13-35-23-6-3-7-26(36-23)47(44,45)39-28(43)22-8-9-24(37-27(22)40(29)17-20)41-14-10-25(38-41)46-19-21(18-42)16-30(11-12-30)31(32,33)34/h3,6-10,14,20-21,42H,4-5,11-13,15-19H2,1-2H3,(H,35,36)(H,39,43)/t20-,21?/m0/s1. The van der Waals surface area contributed by atoms with Gasteiger partial charge in [-0.25, -0.2) is 19.4 Å². The van der Waals surface area contributed by atoms with Crippen molar-refractivity contribution in [2.75, 3.05) is 36.5 Å². The van der Waals surface area contributed by atoms with E-state index in [9.17, 15) is 31.5 Å². The first-order chi connectivity index (χ1) is 22.2. The molecule has 16 heteroatoms. The fraction of sp³-hybridized carbons (Fsp3) is 0.548. The van der Waals surface area contributed by atoms with Crippen molar-refractivity contribution in [1.82, 2.24) is 24.5 Å². The highest BCUT2D eigenvalue weighted by atomic mass is 32.2. The number of hydrogen-bond donors (Lipinski definition) is 3. The van der Waals surface area contributed by atoms with Crippen molar-refractivity contribution in [3.05, 3.63) is 48.2 Å². The lowest BCUT2D eigenvalue weighted by Gasteiger charge is -2.34. The molecule has 3 aromatic rings. The number of hydrogen-bond acceptors (Lipinski definition) is 10. The summed E-state index contributed by atoms with van der Waals surface area (Å²) in [4.78, 5) is 24.6. The number of anilines is 2. The first-order valence-electron chi connectivity index (χ1n) is 15.6. The van der Waals surface area contributed by atoms with Gasteiger partial charge in [-0.3, -0.25) is 4.79 Å². The maximum atomic E-state index is 13.6. The Balaban J connectivity index is 1.28. The summed E-state index contributed by atoms with van der Waals surface area (Å²) in [5, 5.41) is 17.0. The van der Waals surface area contributed by atoms with E-state index in [2.05, 4.69) is 34.0 Å². The molecule has 4 bridgehead atoms. The highest BCUT2D eigenvalue weighted by molar-refractivity contribution is 7.90. The average molecular weight is 678 g/mol. The molecule has 2 atom stereocenters. The van der Waals surface area contributed by atoms with Gasteiger partial charge >= 0.3 is 6.18 Å². The molecule has 3 N–H and O–H groups in total. The molecule has 1 unspecified atom stereocenters. The Morgan fingerprint density at radius 2 is 1.94 bits per heavy atom. The summed E-state index contributed by atoms with van der Waals surface area (Å²) in [6.45, 7) is 4.71. The number of pyridine rings is 2. The predicted molar refractivity (Wildman–Crippen MR) is 166 cm³/mol. The Labute approximate surface area is 270 Å². The lowest BCUT2D eigenvalue weighted by molar-refractivity contribution is -0.193. The molecule has 1 saturated heterocycles. The molecule has 1 aliphatic carbocycles. The van der Waals surface area contributed by atoms with Crippen LogP contribution in [0.15, 0.2) is 47.6 Å². The van der Waals surface area contributed by atoms with E-state index in [-0.39, 0.29) is 54.1 Å². The van der Waals surface area contributed by atoms with Gasteiger partial charge in [-0.1, -0.05) is 6.07 Å². The number of aliphatic hydroxyl groups excluding tert-OH is 1. The maximum absolute atomic E-state index is 13.6. The van der Waals surface area contributed by atoms with Crippen LogP contribution in [0, 0.1) is 17.3 Å². The molecule has 0 aromatic carbocycles. The van der Waals surface area contributed by atoms with Crippen LogP contribution in [-0.4, -0.2) is 77.2 Å². The summed E-state index contributed by atoms with van der Waals surface area (Å²) in [5.41, 5.74) is -2.11. The summed E-state index contributed by atoms with van der Waals surface area (Å²) in [6.07, 6.45) is -0.333. The zero-order valence-corrected chi connectivity index (χ0v) is 26.9. The average Bonchev–Trinajstić information content (AvgIpc) is 3.55. The van der Waals surface area contributed by atoms with Crippen molar-refractivity contribution in [2.45, 2.75) is 69.1 Å². The predicted octanol–water partition coefficient (Wildman–Crippen LogP) is 4.31. The Hall–Kier alpha value is -3.92. The Morgan fingerprint density at radius 3 is 2.66 bits per heavy atom. The van der Waals surface area contributed by atoms with Crippen LogP contribution in [0.25, 0.3) is 5.82 Å². The summed E-state index contributed by atoms with van der Waals surface area (Å²) < 4.78 is 76.0. The number of halogens is 3. The molecule has 0 radical (unpaired) electrons. The van der Waals surface area contributed by atoms with Crippen molar-refractivity contribution in [2.24, 2.45) is 17.3 Å². The first kappa shape index (κ1) is 33.0. The molecule has 12 nitrogen and oxygen atoms in total. The van der Waals surface area contributed by atoms with Gasteiger partial charge in [0.05, 0.1) is 17.6 Å². The third kappa shape index (κ3) is 6.89. The van der Waals surface area contributed by atoms with Crippen LogP contribution in [0.1, 0.15) is 62.7 Å². The Bertz CT molecular complexity index is 1740. The molecule has 47 heavy (non-hydrogen) atoms. The molecular formula is C31H38F3N7O5S. The fourth-order valence-corrected chi connectivity index (χ4v) is 7.53. The van der Waals surface area contributed by atoms with Crippen molar-refractivity contribution >= 4 is 27.6 Å². The van der Waals surface area contributed by atoms with Crippen molar-refractivity contribution in [1.29, 1.82) is 0 Å². The number of sulfonamides is 1. The molecule has 0 spiro atoms. The molecule has 3 aliphatic rings. The maximum Gasteiger partial charge on any atom is 0.394 e. The highest BCUT2D eigenvalue weighted by Gasteiger charge is 2.63. The Kier molecular flexibility index (Phi) is 8.61. The van der Waals surface area contributed by atoms with Crippen LogP contribution < -0.4 is 19.7 Å². The molecule has 1 amide bonds. The SMILES string of the molecule is CC1(C)C[C@@H]2CCCNc3cccc(n3)S(=O)(=O)NC(=O)c3ccc(-n4ccc(OCC(CO)CC5(C(F)(F)F)CC5)n4)nc3N1C2. The number of aliphatic hydroxyl groups is 1.